The Kier molecular flexibility index (Phi) is 2.97. The van der Waals surface area contributed by atoms with Gasteiger partial charge in [0.1, 0.15) is 0 Å². The van der Waals surface area contributed by atoms with E-state index in [0.29, 0.717) is 6.54 Å². The monoisotopic (exact) mass is 253 g/mol. The van der Waals surface area contributed by atoms with Gasteiger partial charge in [-0.15, -0.1) is 10.2 Å². The molecule has 0 spiro atoms. The van der Waals surface area contributed by atoms with Gasteiger partial charge in [-0.3, -0.25) is 0 Å². The third-order valence-electron chi connectivity index (χ3n) is 3.01. The van der Waals surface area contributed by atoms with Crippen molar-refractivity contribution in [3.63, 3.8) is 0 Å². The molecule has 2 aromatic heterocycles. The standard InChI is InChI=1S/C14H15N5/c1-10-3-5-11(6-4-10)12-7-8-13-16-17-14(9-15-2)19(13)18-12/h3-8,15H,9H2,1-2H3. The maximum absolute atomic E-state index is 4.61. The van der Waals surface area contributed by atoms with Crippen LogP contribution in [0, 0.1) is 6.92 Å². The van der Waals surface area contributed by atoms with Gasteiger partial charge in [-0.25, -0.2) is 0 Å². The van der Waals surface area contributed by atoms with Gasteiger partial charge in [0.05, 0.1) is 12.2 Å². The third-order valence-corrected chi connectivity index (χ3v) is 3.01. The molecule has 1 N–H and O–H groups in total. The zero-order valence-electron chi connectivity index (χ0n) is 11.0. The van der Waals surface area contributed by atoms with Crippen molar-refractivity contribution in [1.29, 1.82) is 0 Å². The molecule has 0 radical (unpaired) electrons. The van der Waals surface area contributed by atoms with Crippen LogP contribution in [0.15, 0.2) is 36.4 Å². The summed E-state index contributed by atoms with van der Waals surface area (Å²) >= 11 is 0. The molecule has 5 nitrogen and oxygen atoms in total. The van der Waals surface area contributed by atoms with Crippen molar-refractivity contribution < 1.29 is 0 Å². The number of fused-ring (bicyclic) bond motifs is 1. The second-order valence-corrected chi connectivity index (χ2v) is 4.50. The number of hydrogen-bond acceptors (Lipinski definition) is 4. The van der Waals surface area contributed by atoms with Crippen LogP contribution in [-0.2, 0) is 6.54 Å². The maximum atomic E-state index is 4.61. The van der Waals surface area contributed by atoms with E-state index in [4.69, 9.17) is 0 Å². The van der Waals surface area contributed by atoms with Gasteiger partial charge in [0.25, 0.3) is 0 Å². The molecule has 5 heteroatoms. The van der Waals surface area contributed by atoms with Gasteiger partial charge in [-0.2, -0.15) is 9.61 Å². The van der Waals surface area contributed by atoms with Gasteiger partial charge >= 0.3 is 0 Å². The fourth-order valence-corrected chi connectivity index (χ4v) is 1.98. The van der Waals surface area contributed by atoms with Gasteiger partial charge in [-0.1, -0.05) is 29.8 Å². The fourth-order valence-electron chi connectivity index (χ4n) is 1.98. The van der Waals surface area contributed by atoms with Gasteiger partial charge < -0.3 is 5.32 Å². The van der Waals surface area contributed by atoms with Crippen LogP contribution < -0.4 is 5.32 Å². The number of nitrogens with zero attached hydrogens (tertiary/aromatic N) is 4. The lowest BCUT2D eigenvalue weighted by Gasteiger charge is -2.03. The normalized spacial score (nSPS) is 11.1. The maximum Gasteiger partial charge on any atom is 0.177 e. The molecule has 0 aliphatic heterocycles. The van der Waals surface area contributed by atoms with Crippen LogP contribution in [0.2, 0.25) is 0 Å². The van der Waals surface area contributed by atoms with Crippen LogP contribution in [-0.4, -0.2) is 26.9 Å². The van der Waals surface area contributed by atoms with Crippen LogP contribution in [0.4, 0.5) is 0 Å². The lowest BCUT2D eigenvalue weighted by molar-refractivity contribution is 0.719. The smallest absolute Gasteiger partial charge is 0.177 e. The van der Waals surface area contributed by atoms with Crippen LogP contribution in [0.1, 0.15) is 11.4 Å². The quantitative estimate of drug-likeness (QED) is 0.773. The van der Waals surface area contributed by atoms with Crippen molar-refractivity contribution in [2.24, 2.45) is 0 Å². The van der Waals surface area contributed by atoms with Gasteiger partial charge in [-0.05, 0) is 26.1 Å². The molecular formula is C14H15N5. The van der Waals surface area contributed by atoms with E-state index < -0.39 is 0 Å². The topological polar surface area (TPSA) is 55.1 Å². The minimum Gasteiger partial charge on any atom is -0.313 e. The molecule has 0 aliphatic carbocycles. The summed E-state index contributed by atoms with van der Waals surface area (Å²) in [4.78, 5) is 0. The van der Waals surface area contributed by atoms with Crippen molar-refractivity contribution in [3.05, 3.63) is 47.8 Å². The Morgan fingerprint density at radius 1 is 1.05 bits per heavy atom. The Bertz CT molecular complexity index is 699. The highest BCUT2D eigenvalue weighted by Crippen LogP contribution is 2.17. The second kappa shape index (κ2) is 4.78. The molecule has 19 heavy (non-hydrogen) atoms. The molecule has 0 saturated heterocycles. The lowest BCUT2D eigenvalue weighted by Crippen LogP contribution is -2.10. The highest BCUT2D eigenvalue weighted by Gasteiger charge is 2.07. The fraction of sp³-hybridized carbons (Fsp3) is 0.214. The van der Waals surface area contributed by atoms with Gasteiger partial charge in [0, 0.05) is 5.56 Å². The second-order valence-electron chi connectivity index (χ2n) is 4.50. The summed E-state index contributed by atoms with van der Waals surface area (Å²) in [6.07, 6.45) is 0. The summed E-state index contributed by atoms with van der Waals surface area (Å²) in [6, 6.07) is 12.2. The minimum atomic E-state index is 0.644. The largest absolute Gasteiger partial charge is 0.313 e. The molecule has 2 heterocycles. The van der Waals surface area contributed by atoms with E-state index >= 15 is 0 Å². The Hall–Kier alpha value is -2.27. The molecule has 96 valence electrons. The first-order chi connectivity index (χ1) is 9.28. The van der Waals surface area contributed by atoms with E-state index in [1.54, 1.807) is 4.52 Å². The van der Waals surface area contributed by atoms with Crippen molar-refractivity contribution in [1.82, 2.24) is 25.1 Å². The molecule has 0 fully saturated rings. The molecule has 0 bridgehead atoms. The number of hydrogen-bond donors (Lipinski definition) is 1. The zero-order valence-corrected chi connectivity index (χ0v) is 11.0. The van der Waals surface area contributed by atoms with Crippen LogP contribution in [0.25, 0.3) is 16.9 Å². The Morgan fingerprint density at radius 3 is 2.58 bits per heavy atom. The lowest BCUT2D eigenvalue weighted by atomic mass is 10.1. The summed E-state index contributed by atoms with van der Waals surface area (Å²) in [5.74, 6) is 0.812. The SMILES string of the molecule is CNCc1nnc2ccc(-c3ccc(C)cc3)nn12. The highest BCUT2D eigenvalue weighted by atomic mass is 15.4. The Balaban J connectivity index is 2.09. The molecule has 1 aromatic carbocycles. The van der Waals surface area contributed by atoms with E-state index in [1.807, 2.05) is 19.2 Å². The van der Waals surface area contributed by atoms with Crippen molar-refractivity contribution >= 4 is 5.65 Å². The van der Waals surface area contributed by atoms with Crippen molar-refractivity contribution in [3.8, 4) is 11.3 Å². The molecule has 0 aliphatic rings. The molecule has 0 unspecified atom stereocenters. The average Bonchev–Trinajstić information content (AvgIpc) is 2.83. The van der Waals surface area contributed by atoms with Crippen molar-refractivity contribution in [2.75, 3.05) is 7.05 Å². The van der Waals surface area contributed by atoms with E-state index in [2.05, 4.69) is 51.8 Å². The first kappa shape index (κ1) is 11.8. The molecule has 0 saturated carbocycles. The summed E-state index contributed by atoms with van der Waals surface area (Å²) in [5.41, 5.74) is 4.02. The Morgan fingerprint density at radius 2 is 1.84 bits per heavy atom. The first-order valence-electron chi connectivity index (χ1n) is 6.21. The molecule has 3 aromatic rings. The van der Waals surface area contributed by atoms with Crippen molar-refractivity contribution in [2.45, 2.75) is 13.5 Å². The first-order valence-corrected chi connectivity index (χ1v) is 6.21. The molecule has 0 atom stereocenters. The number of aromatic nitrogens is 4. The van der Waals surface area contributed by atoms with Gasteiger partial charge in [0.2, 0.25) is 0 Å². The van der Waals surface area contributed by atoms with Crippen LogP contribution in [0.3, 0.4) is 0 Å². The van der Waals surface area contributed by atoms with E-state index in [9.17, 15) is 0 Å². The Labute approximate surface area is 111 Å². The average molecular weight is 253 g/mol. The highest BCUT2D eigenvalue weighted by molar-refractivity contribution is 5.60. The predicted octanol–water partition coefficient (Wildman–Crippen LogP) is 1.82. The summed E-state index contributed by atoms with van der Waals surface area (Å²) < 4.78 is 1.78. The summed E-state index contributed by atoms with van der Waals surface area (Å²) in [7, 11) is 1.88. The van der Waals surface area contributed by atoms with E-state index in [1.165, 1.54) is 5.56 Å². The predicted molar refractivity (Wildman–Crippen MR) is 73.7 cm³/mol. The van der Waals surface area contributed by atoms with Gasteiger partial charge in [0.15, 0.2) is 11.5 Å². The summed E-state index contributed by atoms with van der Waals surface area (Å²) in [6.45, 7) is 2.72. The zero-order chi connectivity index (χ0) is 13.2. The number of nitrogens with one attached hydrogen (secondary N) is 1. The minimum absolute atomic E-state index is 0.644. The van der Waals surface area contributed by atoms with Crippen LogP contribution in [0.5, 0.6) is 0 Å². The van der Waals surface area contributed by atoms with E-state index in [-0.39, 0.29) is 0 Å². The number of rotatable bonds is 3. The van der Waals surface area contributed by atoms with Crippen LogP contribution >= 0.6 is 0 Å². The molecule has 0 amide bonds. The third kappa shape index (κ3) is 2.20. The molecular weight excluding hydrogens is 238 g/mol. The number of aryl methyl sites for hydroxylation is 1. The summed E-state index contributed by atoms with van der Waals surface area (Å²) in [5, 5.41) is 15.9. The molecule has 3 rings (SSSR count). The number of benzene rings is 1. The van der Waals surface area contributed by atoms with E-state index in [0.717, 1.165) is 22.7 Å².